The van der Waals surface area contributed by atoms with Crippen LogP contribution in [-0.4, -0.2) is 60.9 Å². The van der Waals surface area contributed by atoms with Gasteiger partial charge in [0.05, 0.1) is 6.54 Å². The molecule has 0 saturated carbocycles. The van der Waals surface area contributed by atoms with Crippen LogP contribution in [0.25, 0.3) is 0 Å². The molecule has 5 heteroatoms. The van der Waals surface area contributed by atoms with E-state index in [1.54, 1.807) is 0 Å². The smallest absolute Gasteiger partial charge is 0.241 e. The lowest BCUT2D eigenvalue weighted by Gasteiger charge is -2.40. The van der Waals surface area contributed by atoms with E-state index in [1.807, 2.05) is 18.7 Å². The highest BCUT2D eigenvalue weighted by atomic mass is 16.2. The number of piperidine rings is 1. The molecule has 0 radical (unpaired) electrons. The molecule has 1 aromatic carbocycles. The Kier molecular flexibility index (Phi) is 6.53. The Hall–Kier alpha value is -1.88. The molecule has 1 spiro atoms. The highest BCUT2D eigenvalue weighted by molar-refractivity contribution is 5.85. The van der Waals surface area contributed by atoms with Gasteiger partial charge in [0.2, 0.25) is 11.8 Å². The molecular weight excluding hydrogens is 338 g/mol. The van der Waals surface area contributed by atoms with Crippen LogP contribution < -0.4 is 5.32 Å². The standard InChI is InChI=1S/C22H33N3O2/c1-18(2)21(27)23-15-20(26)25-14-11-22(17-25)10-6-12-24(16-22)13-9-19-7-4-3-5-8-19/h3-5,7-8,18H,6,9-17H2,1-2H3,(H,23,27). The Morgan fingerprint density at radius 2 is 1.89 bits per heavy atom. The highest BCUT2D eigenvalue weighted by Crippen LogP contribution is 2.38. The van der Waals surface area contributed by atoms with Crippen LogP contribution in [0.2, 0.25) is 0 Å². The Morgan fingerprint density at radius 3 is 2.63 bits per heavy atom. The molecule has 5 nitrogen and oxygen atoms in total. The topological polar surface area (TPSA) is 52.7 Å². The summed E-state index contributed by atoms with van der Waals surface area (Å²) in [5.74, 6) is -0.0801. The summed E-state index contributed by atoms with van der Waals surface area (Å²) in [5, 5.41) is 2.76. The van der Waals surface area contributed by atoms with E-state index in [0.29, 0.717) is 0 Å². The largest absolute Gasteiger partial charge is 0.347 e. The monoisotopic (exact) mass is 371 g/mol. The Bertz CT molecular complexity index is 646. The van der Waals surface area contributed by atoms with Gasteiger partial charge in [0.15, 0.2) is 0 Å². The van der Waals surface area contributed by atoms with E-state index < -0.39 is 0 Å². The second-order valence-electron chi connectivity index (χ2n) is 8.55. The first-order valence-corrected chi connectivity index (χ1v) is 10.3. The Morgan fingerprint density at radius 1 is 1.11 bits per heavy atom. The molecule has 1 unspecified atom stereocenters. The van der Waals surface area contributed by atoms with Crippen molar-refractivity contribution >= 4 is 11.8 Å². The summed E-state index contributed by atoms with van der Waals surface area (Å²) >= 11 is 0. The molecule has 2 amide bonds. The lowest BCUT2D eigenvalue weighted by atomic mass is 9.79. The fourth-order valence-electron chi connectivity index (χ4n) is 4.39. The van der Waals surface area contributed by atoms with Gasteiger partial charge in [0, 0.05) is 37.5 Å². The van der Waals surface area contributed by atoms with Crippen molar-refractivity contribution in [3.63, 3.8) is 0 Å². The van der Waals surface area contributed by atoms with Crippen molar-refractivity contribution in [2.24, 2.45) is 11.3 Å². The zero-order valence-corrected chi connectivity index (χ0v) is 16.7. The third-order valence-electron chi connectivity index (χ3n) is 6.03. The van der Waals surface area contributed by atoms with Gasteiger partial charge in [-0.25, -0.2) is 0 Å². The number of benzene rings is 1. The van der Waals surface area contributed by atoms with Crippen LogP contribution >= 0.6 is 0 Å². The zero-order chi connectivity index (χ0) is 19.3. The van der Waals surface area contributed by atoms with E-state index in [4.69, 9.17) is 0 Å². The molecule has 0 aliphatic carbocycles. The van der Waals surface area contributed by atoms with Crippen LogP contribution in [0, 0.1) is 11.3 Å². The average Bonchev–Trinajstić information content (AvgIpc) is 3.08. The third-order valence-corrected chi connectivity index (χ3v) is 6.03. The molecule has 2 saturated heterocycles. The lowest BCUT2D eigenvalue weighted by Crippen LogP contribution is -2.47. The van der Waals surface area contributed by atoms with E-state index in [-0.39, 0.29) is 29.7 Å². The quantitative estimate of drug-likeness (QED) is 0.835. The number of rotatable bonds is 6. The van der Waals surface area contributed by atoms with Crippen molar-refractivity contribution in [2.75, 3.05) is 39.3 Å². The van der Waals surface area contributed by atoms with Crippen molar-refractivity contribution in [1.29, 1.82) is 0 Å². The molecular formula is C22H33N3O2. The second-order valence-corrected chi connectivity index (χ2v) is 8.55. The number of carbonyl (C=O) groups excluding carboxylic acids is 2. The molecule has 1 aromatic rings. The van der Waals surface area contributed by atoms with E-state index >= 15 is 0 Å². The van der Waals surface area contributed by atoms with Crippen molar-refractivity contribution in [1.82, 2.24) is 15.1 Å². The number of carbonyl (C=O) groups is 2. The summed E-state index contributed by atoms with van der Waals surface area (Å²) < 4.78 is 0. The summed E-state index contributed by atoms with van der Waals surface area (Å²) in [4.78, 5) is 28.7. The summed E-state index contributed by atoms with van der Waals surface area (Å²) in [6.07, 6.45) is 4.58. The maximum atomic E-state index is 12.5. The molecule has 1 N–H and O–H groups in total. The normalized spacial score (nSPS) is 23.1. The molecule has 3 rings (SSSR count). The van der Waals surface area contributed by atoms with Gasteiger partial charge in [-0.15, -0.1) is 0 Å². The predicted octanol–water partition coefficient (Wildman–Crippen LogP) is 2.32. The first-order chi connectivity index (χ1) is 13.0. The van der Waals surface area contributed by atoms with Crippen molar-refractivity contribution in [3.05, 3.63) is 35.9 Å². The van der Waals surface area contributed by atoms with E-state index in [9.17, 15) is 9.59 Å². The molecule has 2 fully saturated rings. The van der Waals surface area contributed by atoms with E-state index in [1.165, 1.54) is 18.4 Å². The molecule has 148 valence electrons. The van der Waals surface area contributed by atoms with Gasteiger partial charge in [-0.1, -0.05) is 44.2 Å². The van der Waals surface area contributed by atoms with Crippen molar-refractivity contribution < 1.29 is 9.59 Å². The molecule has 27 heavy (non-hydrogen) atoms. The lowest BCUT2D eigenvalue weighted by molar-refractivity contribution is -0.133. The second kappa shape index (κ2) is 8.87. The summed E-state index contributed by atoms with van der Waals surface area (Å²) in [7, 11) is 0. The van der Waals surface area contributed by atoms with Crippen LogP contribution in [0.1, 0.15) is 38.7 Å². The van der Waals surface area contributed by atoms with Crippen LogP contribution in [0.15, 0.2) is 30.3 Å². The Balaban J connectivity index is 1.48. The molecule has 2 aliphatic rings. The fourth-order valence-corrected chi connectivity index (χ4v) is 4.39. The maximum Gasteiger partial charge on any atom is 0.241 e. The number of nitrogens with one attached hydrogen (secondary N) is 1. The average molecular weight is 372 g/mol. The van der Waals surface area contributed by atoms with E-state index in [2.05, 4.69) is 40.5 Å². The molecule has 0 bridgehead atoms. The first kappa shape index (κ1) is 19.9. The zero-order valence-electron chi connectivity index (χ0n) is 16.7. The minimum atomic E-state index is -0.0840. The summed E-state index contributed by atoms with van der Waals surface area (Å²) in [5.41, 5.74) is 1.63. The van der Waals surface area contributed by atoms with Crippen LogP contribution in [-0.2, 0) is 16.0 Å². The van der Waals surface area contributed by atoms with Crippen LogP contribution in [0.3, 0.4) is 0 Å². The van der Waals surface area contributed by atoms with Crippen LogP contribution in [0.5, 0.6) is 0 Å². The van der Waals surface area contributed by atoms with Gasteiger partial charge in [-0.05, 0) is 37.8 Å². The minimum Gasteiger partial charge on any atom is -0.347 e. The summed E-state index contributed by atoms with van der Waals surface area (Å²) in [6.45, 7) is 8.81. The van der Waals surface area contributed by atoms with Crippen molar-refractivity contribution in [2.45, 2.75) is 39.5 Å². The van der Waals surface area contributed by atoms with E-state index in [0.717, 1.165) is 45.6 Å². The number of likely N-dealkylation sites (tertiary alicyclic amines) is 2. The fraction of sp³-hybridized carbons (Fsp3) is 0.636. The minimum absolute atomic E-state index is 0.0537. The number of amides is 2. The van der Waals surface area contributed by atoms with Gasteiger partial charge < -0.3 is 15.1 Å². The van der Waals surface area contributed by atoms with Gasteiger partial charge in [-0.2, -0.15) is 0 Å². The van der Waals surface area contributed by atoms with Gasteiger partial charge in [-0.3, -0.25) is 9.59 Å². The first-order valence-electron chi connectivity index (χ1n) is 10.3. The molecule has 0 aromatic heterocycles. The number of nitrogens with zero attached hydrogens (tertiary/aromatic N) is 2. The third kappa shape index (κ3) is 5.32. The predicted molar refractivity (Wildman–Crippen MR) is 107 cm³/mol. The maximum absolute atomic E-state index is 12.5. The molecule has 2 aliphatic heterocycles. The van der Waals surface area contributed by atoms with Crippen LogP contribution in [0.4, 0.5) is 0 Å². The Labute approximate surface area is 163 Å². The number of hydrogen-bond acceptors (Lipinski definition) is 3. The molecule has 2 heterocycles. The van der Waals surface area contributed by atoms with Gasteiger partial charge in [0.25, 0.3) is 0 Å². The number of hydrogen-bond donors (Lipinski definition) is 1. The SMILES string of the molecule is CC(C)C(=O)NCC(=O)N1CCC2(CCCN(CCc3ccccc3)C2)C1. The van der Waals surface area contributed by atoms with Crippen molar-refractivity contribution in [3.8, 4) is 0 Å². The van der Waals surface area contributed by atoms with Gasteiger partial charge >= 0.3 is 0 Å². The summed E-state index contributed by atoms with van der Waals surface area (Å²) in [6, 6.07) is 10.7. The molecule has 1 atom stereocenters. The van der Waals surface area contributed by atoms with Gasteiger partial charge in [0.1, 0.15) is 0 Å². The highest BCUT2D eigenvalue weighted by Gasteiger charge is 2.42.